The van der Waals surface area contributed by atoms with E-state index in [1.807, 2.05) is 19.1 Å². The van der Waals surface area contributed by atoms with Crippen LogP contribution >= 0.6 is 0 Å². The number of halogens is 1. The van der Waals surface area contributed by atoms with Gasteiger partial charge >= 0.3 is 0 Å². The van der Waals surface area contributed by atoms with Crippen LogP contribution in [0.25, 0.3) is 0 Å². The van der Waals surface area contributed by atoms with E-state index in [-0.39, 0.29) is 11.9 Å². The van der Waals surface area contributed by atoms with Crippen molar-refractivity contribution in [3.63, 3.8) is 0 Å². The Kier molecular flexibility index (Phi) is 3.45. The van der Waals surface area contributed by atoms with Crippen LogP contribution in [0.2, 0.25) is 0 Å². The predicted octanol–water partition coefficient (Wildman–Crippen LogP) is 3.66. The minimum atomic E-state index is -0.227. The van der Waals surface area contributed by atoms with Gasteiger partial charge in [0, 0.05) is 6.04 Å². The van der Waals surface area contributed by atoms with Gasteiger partial charge in [0.1, 0.15) is 18.2 Å². The van der Waals surface area contributed by atoms with Crippen LogP contribution in [0.15, 0.2) is 36.4 Å². The third kappa shape index (κ3) is 2.41. The zero-order valence-corrected chi connectivity index (χ0v) is 11.5. The first-order chi connectivity index (χ1) is 9.65. The van der Waals surface area contributed by atoms with Crippen molar-refractivity contribution in [1.29, 1.82) is 0 Å². The lowest BCUT2D eigenvalue weighted by atomic mass is 10.1. The number of aryl methyl sites for hydroxylation is 1. The summed E-state index contributed by atoms with van der Waals surface area (Å²) in [5.74, 6) is 0.647. The molecule has 0 aromatic heterocycles. The number of nitrogens with two attached hydrogens (primary N) is 1. The lowest BCUT2D eigenvalue weighted by Crippen LogP contribution is -2.05. The fourth-order valence-electron chi connectivity index (χ4n) is 2.74. The molecule has 104 valence electrons. The number of fused-ring (bicyclic) bond motifs is 1. The highest BCUT2D eigenvalue weighted by atomic mass is 19.1. The van der Waals surface area contributed by atoms with Crippen LogP contribution in [-0.2, 0) is 13.0 Å². The molecular weight excluding hydrogens is 253 g/mol. The molecule has 0 heterocycles. The summed E-state index contributed by atoms with van der Waals surface area (Å²) in [6, 6.07) is 10.9. The molecule has 1 aliphatic carbocycles. The molecule has 3 rings (SSSR count). The van der Waals surface area contributed by atoms with Gasteiger partial charge in [-0.2, -0.15) is 0 Å². The van der Waals surface area contributed by atoms with Crippen molar-refractivity contribution < 1.29 is 9.13 Å². The molecule has 2 aromatic rings. The van der Waals surface area contributed by atoms with E-state index in [2.05, 4.69) is 6.07 Å². The lowest BCUT2D eigenvalue weighted by molar-refractivity contribution is 0.302. The summed E-state index contributed by atoms with van der Waals surface area (Å²) < 4.78 is 19.2. The second-order valence-electron chi connectivity index (χ2n) is 5.33. The molecule has 20 heavy (non-hydrogen) atoms. The summed E-state index contributed by atoms with van der Waals surface area (Å²) in [4.78, 5) is 0. The van der Waals surface area contributed by atoms with Gasteiger partial charge in [0.15, 0.2) is 0 Å². The Morgan fingerprint density at radius 1 is 1.30 bits per heavy atom. The number of hydrogen-bond donors (Lipinski definition) is 1. The van der Waals surface area contributed by atoms with E-state index in [0.29, 0.717) is 6.61 Å². The molecule has 2 N–H and O–H groups in total. The Morgan fingerprint density at radius 2 is 2.15 bits per heavy atom. The fourth-order valence-corrected chi connectivity index (χ4v) is 2.74. The summed E-state index contributed by atoms with van der Waals surface area (Å²) in [6.45, 7) is 2.35. The molecule has 1 atom stereocenters. The second-order valence-corrected chi connectivity index (χ2v) is 5.33. The van der Waals surface area contributed by atoms with Crippen LogP contribution in [0.4, 0.5) is 4.39 Å². The average molecular weight is 271 g/mol. The zero-order chi connectivity index (χ0) is 14.1. The first-order valence-corrected chi connectivity index (χ1v) is 6.90. The fraction of sp³-hybridized carbons (Fsp3) is 0.294. The highest BCUT2D eigenvalue weighted by Gasteiger charge is 2.22. The van der Waals surface area contributed by atoms with Crippen LogP contribution < -0.4 is 10.5 Å². The third-order valence-corrected chi connectivity index (χ3v) is 3.97. The van der Waals surface area contributed by atoms with Crippen molar-refractivity contribution >= 4 is 0 Å². The molecule has 0 spiro atoms. The van der Waals surface area contributed by atoms with Crippen LogP contribution in [0.3, 0.4) is 0 Å². The monoisotopic (exact) mass is 271 g/mol. The van der Waals surface area contributed by atoms with Crippen LogP contribution in [0, 0.1) is 12.7 Å². The largest absolute Gasteiger partial charge is 0.489 e. The molecule has 2 aromatic carbocycles. The van der Waals surface area contributed by atoms with E-state index in [0.717, 1.165) is 29.7 Å². The minimum absolute atomic E-state index is 0.115. The molecule has 0 bridgehead atoms. The smallest absolute Gasteiger partial charge is 0.123 e. The zero-order valence-electron chi connectivity index (χ0n) is 11.5. The number of benzene rings is 2. The Bertz CT molecular complexity index is 639. The summed E-state index contributed by atoms with van der Waals surface area (Å²) in [7, 11) is 0. The highest BCUT2D eigenvalue weighted by Crippen LogP contribution is 2.35. The summed E-state index contributed by atoms with van der Waals surface area (Å²) >= 11 is 0. The van der Waals surface area contributed by atoms with Crippen LogP contribution in [-0.4, -0.2) is 0 Å². The maximum absolute atomic E-state index is 13.3. The van der Waals surface area contributed by atoms with E-state index < -0.39 is 0 Å². The molecular formula is C17H18FNO. The molecule has 0 saturated heterocycles. The van der Waals surface area contributed by atoms with Crippen molar-refractivity contribution in [3.05, 3.63) is 64.5 Å². The molecule has 3 heteroatoms. The van der Waals surface area contributed by atoms with Crippen LogP contribution in [0.1, 0.15) is 34.7 Å². The van der Waals surface area contributed by atoms with Crippen molar-refractivity contribution in [2.75, 3.05) is 0 Å². The van der Waals surface area contributed by atoms with Gasteiger partial charge in [0.2, 0.25) is 0 Å². The predicted molar refractivity (Wildman–Crippen MR) is 77.2 cm³/mol. The van der Waals surface area contributed by atoms with Gasteiger partial charge in [0.25, 0.3) is 0 Å². The van der Waals surface area contributed by atoms with E-state index in [1.54, 1.807) is 6.07 Å². The second kappa shape index (κ2) is 5.25. The summed E-state index contributed by atoms with van der Waals surface area (Å²) in [6.07, 6.45) is 1.92. The summed E-state index contributed by atoms with van der Waals surface area (Å²) in [5.41, 5.74) is 10.4. The molecule has 0 saturated carbocycles. The van der Waals surface area contributed by atoms with E-state index in [4.69, 9.17) is 10.5 Å². The van der Waals surface area contributed by atoms with Gasteiger partial charge in [-0.3, -0.25) is 0 Å². The normalized spacial score (nSPS) is 17.1. The van der Waals surface area contributed by atoms with Gasteiger partial charge in [-0.15, -0.1) is 0 Å². The maximum Gasteiger partial charge on any atom is 0.123 e. The van der Waals surface area contributed by atoms with Crippen molar-refractivity contribution in [2.24, 2.45) is 5.73 Å². The van der Waals surface area contributed by atoms with E-state index in [1.165, 1.54) is 23.3 Å². The van der Waals surface area contributed by atoms with E-state index in [9.17, 15) is 4.39 Å². The molecule has 1 unspecified atom stereocenters. The number of ether oxygens (including phenoxy) is 1. The molecule has 0 aliphatic heterocycles. The first-order valence-electron chi connectivity index (χ1n) is 6.90. The molecule has 0 amide bonds. The number of hydrogen-bond acceptors (Lipinski definition) is 2. The standard InChI is InChI=1S/C17H18FNO/c1-11-5-6-13(18)9-12(11)10-20-17-4-2-3-14-15(17)7-8-16(14)19/h2-6,9,16H,7-8,10,19H2,1H3. The van der Waals surface area contributed by atoms with Gasteiger partial charge < -0.3 is 10.5 Å². The molecule has 1 aliphatic rings. The number of rotatable bonds is 3. The van der Waals surface area contributed by atoms with Crippen molar-refractivity contribution in [1.82, 2.24) is 0 Å². The summed E-state index contributed by atoms with van der Waals surface area (Å²) in [5, 5.41) is 0. The van der Waals surface area contributed by atoms with Gasteiger partial charge in [-0.05, 0) is 60.2 Å². The third-order valence-electron chi connectivity index (χ3n) is 3.97. The van der Waals surface area contributed by atoms with E-state index >= 15 is 0 Å². The molecule has 2 nitrogen and oxygen atoms in total. The Labute approximate surface area is 118 Å². The minimum Gasteiger partial charge on any atom is -0.489 e. The quantitative estimate of drug-likeness (QED) is 0.924. The Balaban J connectivity index is 1.81. The topological polar surface area (TPSA) is 35.2 Å². The maximum atomic E-state index is 13.3. The van der Waals surface area contributed by atoms with Gasteiger partial charge in [-0.1, -0.05) is 18.2 Å². The molecule has 0 fully saturated rings. The van der Waals surface area contributed by atoms with Crippen molar-refractivity contribution in [2.45, 2.75) is 32.4 Å². The van der Waals surface area contributed by atoms with Gasteiger partial charge in [0.05, 0.1) is 0 Å². The van der Waals surface area contributed by atoms with Gasteiger partial charge in [-0.25, -0.2) is 4.39 Å². The average Bonchev–Trinajstić information content (AvgIpc) is 2.82. The Morgan fingerprint density at radius 3 is 3.00 bits per heavy atom. The van der Waals surface area contributed by atoms with Crippen LogP contribution in [0.5, 0.6) is 5.75 Å². The molecule has 0 radical (unpaired) electrons. The lowest BCUT2D eigenvalue weighted by Gasteiger charge is -2.13. The SMILES string of the molecule is Cc1ccc(F)cc1COc1cccc2c1CCC2N. The Hall–Kier alpha value is -1.87. The first kappa shape index (κ1) is 13.1. The highest BCUT2D eigenvalue weighted by molar-refractivity contribution is 5.45. The van der Waals surface area contributed by atoms with Crippen molar-refractivity contribution in [3.8, 4) is 5.75 Å².